The normalized spacial score (nSPS) is 17.0. The Bertz CT molecular complexity index is 735. The van der Waals surface area contributed by atoms with Gasteiger partial charge in [0.1, 0.15) is 5.75 Å². The Labute approximate surface area is 146 Å². The van der Waals surface area contributed by atoms with Gasteiger partial charge in [-0.05, 0) is 30.2 Å². The molecule has 0 aliphatic carbocycles. The molecule has 0 amide bonds. The zero-order valence-corrected chi connectivity index (χ0v) is 14.6. The van der Waals surface area contributed by atoms with E-state index >= 15 is 0 Å². The molecule has 0 bridgehead atoms. The minimum absolute atomic E-state index is 0.0624. The van der Waals surface area contributed by atoms with Crippen molar-refractivity contribution >= 4 is 22.6 Å². The molecule has 124 valence electrons. The maximum absolute atomic E-state index is 12.6. The number of benzene rings is 2. The molecular formula is C20H20O3S. The van der Waals surface area contributed by atoms with Gasteiger partial charge in [0, 0.05) is 16.6 Å². The highest BCUT2D eigenvalue weighted by Crippen LogP contribution is 2.47. The Balaban J connectivity index is 2.03. The van der Waals surface area contributed by atoms with Gasteiger partial charge in [-0.25, -0.2) is 4.79 Å². The number of ether oxygens (including phenoxy) is 2. The van der Waals surface area contributed by atoms with E-state index in [1.807, 2.05) is 49.4 Å². The smallest absolute Gasteiger partial charge is 0.335 e. The molecule has 4 heteroatoms. The Morgan fingerprint density at radius 3 is 2.46 bits per heavy atom. The highest BCUT2D eigenvalue weighted by Gasteiger charge is 2.33. The van der Waals surface area contributed by atoms with Crippen molar-refractivity contribution in [1.82, 2.24) is 0 Å². The van der Waals surface area contributed by atoms with Gasteiger partial charge in [-0.3, -0.25) is 0 Å². The third-order valence-corrected chi connectivity index (χ3v) is 5.28. The number of esters is 1. The van der Waals surface area contributed by atoms with Crippen LogP contribution in [0.15, 0.2) is 60.2 Å². The van der Waals surface area contributed by atoms with E-state index in [1.165, 1.54) is 0 Å². The van der Waals surface area contributed by atoms with Crippen LogP contribution < -0.4 is 4.74 Å². The molecule has 3 rings (SSSR count). The van der Waals surface area contributed by atoms with Crippen LogP contribution in [0.2, 0.25) is 0 Å². The van der Waals surface area contributed by atoms with Crippen LogP contribution in [0.25, 0.3) is 4.91 Å². The van der Waals surface area contributed by atoms with Crippen molar-refractivity contribution in [3.05, 3.63) is 71.3 Å². The van der Waals surface area contributed by atoms with Crippen molar-refractivity contribution < 1.29 is 14.3 Å². The van der Waals surface area contributed by atoms with E-state index in [2.05, 4.69) is 12.1 Å². The van der Waals surface area contributed by atoms with Crippen molar-refractivity contribution in [2.24, 2.45) is 0 Å². The molecule has 1 unspecified atom stereocenters. The largest absolute Gasteiger partial charge is 0.497 e. The predicted molar refractivity (Wildman–Crippen MR) is 98.2 cm³/mol. The van der Waals surface area contributed by atoms with E-state index in [0.29, 0.717) is 6.61 Å². The fraction of sp³-hybridized carbons (Fsp3) is 0.250. The summed E-state index contributed by atoms with van der Waals surface area (Å²) in [6.45, 7) is 2.22. The molecule has 1 aliphatic rings. The number of rotatable bonds is 5. The summed E-state index contributed by atoms with van der Waals surface area (Å²) in [5, 5.41) is 0. The van der Waals surface area contributed by atoms with Gasteiger partial charge in [0.2, 0.25) is 0 Å². The van der Waals surface area contributed by atoms with Gasteiger partial charge in [0.05, 0.1) is 19.3 Å². The van der Waals surface area contributed by atoms with Crippen molar-refractivity contribution in [3.8, 4) is 5.75 Å². The summed E-state index contributed by atoms with van der Waals surface area (Å²) in [5.74, 6) is 1.49. The van der Waals surface area contributed by atoms with Crippen LogP contribution in [0.1, 0.15) is 24.0 Å². The summed E-state index contributed by atoms with van der Waals surface area (Å²) < 4.78 is 10.6. The van der Waals surface area contributed by atoms with E-state index in [1.54, 1.807) is 18.9 Å². The lowest BCUT2D eigenvalue weighted by Gasteiger charge is -2.14. The zero-order valence-electron chi connectivity index (χ0n) is 13.8. The lowest BCUT2D eigenvalue weighted by atomic mass is 9.91. The van der Waals surface area contributed by atoms with Crippen LogP contribution in [0.5, 0.6) is 5.75 Å². The second-order valence-electron chi connectivity index (χ2n) is 5.47. The number of thioether (sulfide) groups is 1. The third kappa shape index (κ3) is 3.34. The van der Waals surface area contributed by atoms with Crippen molar-refractivity contribution in [3.63, 3.8) is 0 Å². The summed E-state index contributed by atoms with van der Waals surface area (Å²) in [4.78, 5) is 13.6. The van der Waals surface area contributed by atoms with Crippen LogP contribution in [-0.4, -0.2) is 25.4 Å². The van der Waals surface area contributed by atoms with Crippen molar-refractivity contribution in [1.29, 1.82) is 0 Å². The molecule has 0 saturated heterocycles. The molecule has 0 fully saturated rings. The van der Waals surface area contributed by atoms with Crippen molar-refractivity contribution in [2.45, 2.75) is 12.8 Å². The molecular weight excluding hydrogens is 320 g/mol. The number of methoxy groups -OCH3 is 1. The van der Waals surface area contributed by atoms with E-state index in [9.17, 15) is 4.79 Å². The SMILES string of the molecule is CCOC(=O)C1=C(c2ccc(OC)cc2)SCC1c1ccccc1. The minimum atomic E-state index is -0.220. The predicted octanol–water partition coefficient (Wildman–Crippen LogP) is 4.50. The van der Waals surface area contributed by atoms with Crippen molar-refractivity contribution in [2.75, 3.05) is 19.5 Å². The van der Waals surface area contributed by atoms with Gasteiger partial charge >= 0.3 is 5.97 Å². The average molecular weight is 340 g/mol. The minimum Gasteiger partial charge on any atom is -0.497 e. The maximum atomic E-state index is 12.6. The fourth-order valence-corrected chi connectivity index (χ4v) is 4.24. The number of carbonyl (C=O) groups excluding carboxylic acids is 1. The number of hydrogen-bond acceptors (Lipinski definition) is 4. The first-order valence-electron chi connectivity index (χ1n) is 7.98. The second-order valence-corrected chi connectivity index (χ2v) is 6.50. The van der Waals surface area contributed by atoms with Crippen LogP contribution >= 0.6 is 11.8 Å². The van der Waals surface area contributed by atoms with Gasteiger partial charge in [0.25, 0.3) is 0 Å². The van der Waals surface area contributed by atoms with Crippen LogP contribution in [0, 0.1) is 0 Å². The quantitative estimate of drug-likeness (QED) is 0.751. The van der Waals surface area contributed by atoms with Crippen LogP contribution in [-0.2, 0) is 9.53 Å². The van der Waals surface area contributed by atoms with Crippen LogP contribution in [0.3, 0.4) is 0 Å². The Kier molecular flexibility index (Phi) is 5.26. The number of carbonyl (C=O) groups is 1. The summed E-state index contributed by atoms with van der Waals surface area (Å²) in [7, 11) is 1.65. The molecule has 2 aromatic carbocycles. The van der Waals surface area contributed by atoms with Gasteiger partial charge in [0.15, 0.2) is 0 Å². The molecule has 2 aromatic rings. The fourth-order valence-electron chi connectivity index (χ4n) is 2.86. The molecule has 0 saturated carbocycles. The standard InChI is InChI=1S/C20H20O3S/c1-3-23-20(21)18-17(14-7-5-4-6-8-14)13-24-19(18)15-9-11-16(22-2)12-10-15/h4-12,17H,3,13H2,1-2H3. The highest BCUT2D eigenvalue weighted by molar-refractivity contribution is 8.08. The van der Waals surface area contributed by atoms with Crippen LogP contribution in [0.4, 0.5) is 0 Å². The lowest BCUT2D eigenvalue weighted by molar-refractivity contribution is -0.138. The molecule has 3 nitrogen and oxygen atoms in total. The molecule has 0 radical (unpaired) electrons. The van der Waals surface area contributed by atoms with Gasteiger partial charge in [-0.2, -0.15) is 0 Å². The molecule has 1 heterocycles. The summed E-state index contributed by atoms with van der Waals surface area (Å²) in [6.07, 6.45) is 0. The molecule has 0 aromatic heterocycles. The topological polar surface area (TPSA) is 35.5 Å². The summed E-state index contributed by atoms with van der Waals surface area (Å²) >= 11 is 1.71. The lowest BCUT2D eigenvalue weighted by Crippen LogP contribution is -2.14. The van der Waals surface area contributed by atoms with Gasteiger partial charge < -0.3 is 9.47 Å². The molecule has 0 spiro atoms. The third-order valence-electron chi connectivity index (χ3n) is 4.04. The Hall–Kier alpha value is -2.20. The molecule has 1 atom stereocenters. The Morgan fingerprint density at radius 1 is 1.12 bits per heavy atom. The average Bonchev–Trinajstić information content (AvgIpc) is 3.08. The number of hydrogen-bond donors (Lipinski definition) is 0. The van der Waals surface area contributed by atoms with E-state index in [4.69, 9.17) is 9.47 Å². The van der Waals surface area contributed by atoms with E-state index < -0.39 is 0 Å². The molecule has 1 aliphatic heterocycles. The second kappa shape index (κ2) is 7.58. The zero-order chi connectivity index (χ0) is 16.9. The first-order chi connectivity index (χ1) is 11.7. The first kappa shape index (κ1) is 16.7. The monoisotopic (exact) mass is 340 g/mol. The Morgan fingerprint density at radius 2 is 1.83 bits per heavy atom. The molecule has 24 heavy (non-hydrogen) atoms. The first-order valence-corrected chi connectivity index (χ1v) is 8.96. The maximum Gasteiger partial charge on any atom is 0.335 e. The highest BCUT2D eigenvalue weighted by atomic mass is 32.2. The van der Waals surface area contributed by atoms with Gasteiger partial charge in [-0.1, -0.05) is 42.5 Å². The van der Waals surface area contributed by atoms with E-state index in [0.717, 1.165) is 33.1 Å². The molecule has 0 N–H and O–H groups in total. The summed E-state index contributed by atoms with van der Waals surface area (Å²) in [6, 6.07) is 18.0. The van der Waals surface area contributed by atoms with E-state index in [-0.39, 0.29) is 11.9 Å². The summed E-state index contributed by atoms with van der Waals surface area (Å²) in [5.41, 5.74) is 2.94. The van der Waals surface area contributed by atoms with Gasteiger partial charge in [-0.15, -0.1) is 11.8 Å².